The summed E-state index contributed by atoms with van der Waals surface area (Å²) in [6, 6.07) is 3.40. The van der Waals surface area contributed by atoms with Crippen molar-refractivity contribution in [2.75, 3.05) is 13.7 Å². The number of aryl methyl sites for hydroxylation is 1. The molecule has 1 fully saturated rings. The number of methoxy groups -OCH3 is 1. The van der Waals surface area contributed by atoms with E-state index in [0.717, 1.165) is 6.61 Å². The van der Waals surface area contributed by atoms with Gasteiger partial charge >= 0.3 is 5.97 Å². The predicted octanol–water partition coefficient (Wildman–Crippen LogP) is 1.97. The first-order valence-electron chi connectivity index (χ1n) is 5.39. The van der Waals surface area contributed by atoms with E-state index in [2.05, 4.69) is 9.72 Å². The van der Waals surface area contributed by atoms with Gasteiger partial charge in [0.1, 0.15) is 0 Å². The lowest BCUT2D eigenvalue weighted by atomic mass is 10.2. The van der Waals surface area contributed by atoms with Gasteiger partial charge in [-0.2, -0.15) is 0 Å². The summed E-state index contributed by atoms with van der Waals surface area (Å²) in [4.78, 5) is 15.5. The number of carbonyl (C=O) groups excluding carboxylic acids is 1. The summed E-state index contributed by atoms with van der Waals surface area (Å²) < 4.78 is 10.2. The molecule has 0 N–H and O–H groups in total. The van der Waals surface area contributed by atoms with Crippen molar-refractivity contribution in [2.45, 2.75) is 19.8 Å². The van der Waals surface area contributed by atoms with Crippen molar-refractivity contribution in [2.24, 2.45) is 5.92 Å². The number of hydrogen-bond donors (Lipinski definition) is 0. The fraction of sp³-hybridized carbons (Fsp3) is 0.500. The largest absolute Gasteiger partial charge is 0.477 e. The number of esters is 1. The molecule has 2 rings (SSSR count). The van der Waals surface area contributed by atoms with Crippen LogP contribution in [0.5, 0.6) is 5.88 Å². The van der Waals surface area contributed by atoms with E-state index in [1.807, 2.05) is 0 Å². The average molecular weight is 221 g/mol. The summed E-state index contributed by atoms with van der Waals surface area (Å²) in [6.07, 6.45) is 2.50. The first kappa shape index (κ1) is 10.9. The van der Waals surface area contributed by atoms with Crippen molar-refractivity contribution < 1.29 is 14.3 Å². The van der Waals surface area contributed by atoms with Crippen LogP contribution in [0, 0.1) is 12.8 Å². The number of hydrogen-bond acceptors (Lipinski definition) is 4. The van der Waals surface area contributed by atoms with Crippen LogP contribution in [-0.2, 0) is 4.74 Å². The molecule has 1 aromatic rings. The van der Waals surface area contributed by atoms with Gasteiger partial charge in [0.05, 0.1) is 25.0 Å². The summed E-state index contributed by atoms with van der Waals surface area (Å²) in [5, 5.41) is 0. The van der Waals surface area contributed by atoms with Crippen molar-refractivity contribution in [1.29, 1.82) is 0 Å². The minimum atomic E-state index is -0.362. The molecule has 1 aliphatic rings. The molecule has 16 heavy (non-hydrogen) atoms. The molecule has 0 atom stereocenters. The third kappa shape index (κ3) is 2.51. The molecule has 0 unspecified atom stereocenters. The van der Waals surface area contributed by atoms with Crippen LogP contribution in [-0.4, -0.2) is 24.7 Å². The molecule has 1 heterocycles. The van der Waals surface area contributed by atoms with E-state index < -0.39 is 0 Å². The monoisotopic (exact) mass is 221 g/mol. The van der Waals surface area contributed by atoms with Crippen LogP contribution in [0.2, 0.25) is 0 Å². The van der Waals surface area contributed by atoms with Gasteiger partial charge in [0, 0.05) is 6.07 Å². The standard InChI is InChI=1S/C12H15NO3/c1-8-10(12(14)15-2)5-6-11(13-8)16-7-9-3-4-9/h5-6,9H,3-4,7H2,1-2H3. The van der Waals surface area contributed by atoms with Crippen LogP contribution in [0.1, 0.15) is 28.9 Å². The van der Waals surface area contributed by atoms with Gasteiger partial charge in [-0.05, 0) is 31.7 Å². The van der Waals surface area contributed by atoms with Crippen molar-refractivity contribution in [3.63, 3.8) is 0 Å². The second-order valence-electron chi connectivity index (χ2n) is 4.03. The minimum Gasteiger partial charge on any atom is -0.477 e. The number of carbonyl (C=O) groups is 1. The van der Waals surface area contributed by atoms with Gasteiger partial charge in [-0.15, -0.1) is 0 Å². The second-order valence-corrected chi connectivity index (χ2v) is 4.03. The maximum absolute atomic E-state index is 11.3. The molecule has 0 radical (unpaired) electrons. The SMILES string of the molecule is COC(=O)c1ccc(OCC2CC2)nc1C. The van der Waals surface area contributed by atoms with Gasteiger partial charge < -0.3 is 9.47 Å². The molecule has 1 aliphatic carbocycles. The second kappa shape index (κ2) is 4.51. The summed E-state index contributed by atoms with van der Waals surface area (Å²) in [7, 11) is 1.36. The first-order chi connectivity index (χ1) is 7.70. The van der Waals surface area contributed by atoms with Gasteiger partial charge in [-0.1, -0.05) is 0 Å². The Morgan fingerprint density at radius 2 is 2.25 bits per heavy atom. The highest BCUT2D eigenvalue weighted by Crippen LogP contribution is 2.29. The van der Waals surface area contributed by atoms with E-state index in [-0.39, 0.29) is 5.97 Å². The van der Waals surface area contributed by atoms with Crippen LogP contribution in [0.25, 0.3) is 0 Å². The summed E-state index contributed by atoms with van der Waals surface area (Å²) in [5.41, 5.74) is 1.13. The highest BCUT2D eigenvalue weighted by molar-refractivity contribution is 5.90. The molecule has 0 bridgehead atoms. The number of aromatic nitrogens is 1. The molecule has 1 saturated carbocycles. The van der Waals surface area contributed by atoms with E-state index >= 15 is 0 Å². The number of nitrogens with zero attached hydrogens (tertiary/aromatic N) is 1. The number of pyridine rings is 1. The molecule has 86 valence electrons. The summed E-state index contributed by atoms with van der Waals surface area (Å²) >= 11 is 0. The van der Waals surface area contributed by atoms with Crippen molar-refractivity contribution in [3.05, 3.63) is 23.4 Å². The Bertz CT molecular complexity index is 399. The molecule has 1 aromatic heterocycles. The van der Waals surface area contributed by atoms with Crippen molar-refractivity contribution in [3.8, 4) is 5.88 Å². The fourth-order valence-corrected chi connectivity index (χ4v) is 1.43. The Balaban J connectivity index is 2.05. The van der Waals surface area contributed by atoms with Crippen LogP contribution in [0.15, 0.2) is 12.1 Å². The molecule has 0 aromatic carbocycles. The zero-order chi connectivity index (χ0) is 11.5. The van der Waals surface area contributed by atoms with Gasteiger partial charge in [-0.3, -0.25) is 0 Å². The Kier molecular flexibility index (Phi) is 3.08. The average Bonchev–Trinajstić information content (AvgIpc) is 3.09. The van der Waals surface area contributed by atoms with E-state index in [1.54, 1.807) is 19.1 Å². The van der Waals surface area contributed by atoms with Gasteiger partial charge in [-0.25, -0.2) is 9.78 Å². The van der Waals surface area contributed by atoms with E-state index in [9.17, 15) is 4.79 Å². The Hall–Kier alpha value is -1.58. The van der Waals surface area contributed by atoms with Crippen LogP contribution in [0.3, 0.4) is 0 Å². The van der Waals surface area contributed by atoms with Gasteiger partial charge in [0.25, 0.3) is 0 Å². The molecule has 0 amide bonds. The topological polar surface area (TPSA) is 48.4 Å². The molecule has 0 spiro atoms. The molecule has 4 nitrogen and oxygen atoms in total. The predicted molar refractivity (Wildman–Crippen MR) is 58.5 cm³/mol. The third-order valence-corrected chi connectivity index (χ3v) is 2.63. The highest BCUT2D eigenvalue weighted by Gasteiger charge is 2.22. The summed E-state index contributed by atoms with van der Waals surface area (Å²) in [5.74, 6) is 0.915. The van der Waals surface area contributed by atoms with Crippen LogP contribution < -0.4 is 4.74 Å². The lowest BCUT2D eigenvalue weighted by molar-refractivity contribution is 0.0599. The molecule has 0 aliphatic heterocycles. The molecular formula is C12H15NO3. The summed E-state index contributed by atoms with van der Waals surface area (Å²) in [6.45, 7) is 2.50. The normalized spacial score (nSPS) is 14.6. The Morgan fingerprint density at radius 1 is 1.50 bits per heavy atom. The lowest BCUT2D eigenvalue weighted by Crippen LogP contribution is -2.07. The van der Waals surface area contributed by atoms with Gasteiger partial charge in [0.15, 0.2) is 0 Å². The van der Waals surface area contributed by atoms with E-state index in [1.165, 1.54) is 20.0 Å². The molecule has 4 heteroatoms. The Labute approximate surface area is 94.6 Å². The van der Waals surface area contributed by atoms with Crippen molar-refractivity contribution in [1.82, 2.24) is 4.98 Å². The zero-order valence-electron chi connectivity index (χ0n) is 9.53. The van der Waals surface area contributed by atoms with E-state index in [4.69, 9.17) is 4.74 Å². The molecular weight excluding hydrogens is 206 g/mol. The smallest absolute Gasteiger partial charge is 0.339 e. The lowest BCUT2D eigenvalue weighted by Gasteiger charge is -2.07. The number of ether oxygens (including phenoxy) is 2. The number of rotatable bonds is 4. The van der Waals surface area contributed by atoms with Crippen molar-refractivity contribution >= 4 is 5.97 Å². The van der Waals surface area contributed by atoms with Crippen LogP contribution >= 0.6 is 0 Å². The maximum atomic E-state index is 11.3. The Morgan fingerprint density at radius 3 is 2.81 bits per heavy atom. The van der Waals surface area contributed by atoms with Gasteiger partial charge in [0.2, 0.25) is 5.88 Å². The van der Waals surface area contributed by atoms with E-state index in [0.29, 0.717) is 23.1 Å². The third-order valence-electron chi connectivity index (χ3n) is 2.63. The quantitative estimate of drug-likeness (QED) is 0.729. The maximum Gasteiger partial charge on any atom is 0.339 e. The molecule has 0 saturated heterocycles. The minimum absolute atomic E-state index is 0.362. The zero-order valence-corrected chi connectivity index (χ0v) is 9.53. The fourth-order valence-electron chi connectivity index (χ4n) is 1.43. The van der Waals surface area contributed by atoms with Crippen LogP contribution in [0.4, 0.5) is 0 Å². The highest BCUT2D eigenvalue weighted by atomic mass is 16.5. The first-order valence-corrected chi connectivity index (χ1v) is 5.39.